The topological polar surface area (TPSA) is 106 Å². The Morgan fingerprint density at radius 2 is 1.72 bits per heavy atom. The molecule has 0 spiro atoms. The van der Waals surface area contributed by atoms with Crippen LogP contribution in [0.25, 0.3) is 0 Å². The van der Waals surface area contributed by atoms with Crippen LogP contribution >= 0.6 is 0 Å². The average Bonchev–Trinajstić information content (AvgIpc) is 2.86. The third-order valence-corrected chi connectivity index (χ3v) is 6.19. The van der Waals surface area contributed by atoms with Crippen LogP contribution in [0.15, 0.2) is 24.3 Å². The van der Waals surface area contributed by atoms with Crippen molar-refractivity contribution < 1.29 is 28.6 Å². The molecule has 0 unspecified atom stereocenters. The highest BCUT2D eigenvalue weighted by Gasteiger charge is 2.38. The minimum atomic E-state index is -0.664. The normalized spacial score (nSPS) is 18.4. The van der Waals surface area contributed by atoms with Gasteiger partial charge in [-0.3, -0.25) is 19.3 Å². The number of hydrogen-bond acceptors (Lipinski definition) is 7. The van der Waals surface area contributed by atoms with Crippen LogP contribution in [0.2, 0.25) is 0 Å². The van der Waals surface area contributed by atoms with Crippen LogP contribution in [0.3, 0.4) is 0 Å². The van der Waals surface area contributed by atoms with Crippen molar-refractivity contribution in [3.05, 3.63) is 29.8 Å². The lowest BCUT2D eigenvalue weighted by Gasteiger charge is -2.48. The summed E-state index contributed by atoms with van der Waals surface area (Å²) < 4.78 is 15.6. The molecule has 2 fully saturated rings. The Hall–Kier alpha value is -2.65. The van der Waals surface area contributed by atoms with E-state index in [0.29, 0.717) is 17.9 Å². The SMILES string of the molecule is COc1ccc(C(=O)NCC(=O)OCC(=O)NCC2(N3CCOCC3)CCCCC2)cc1. The molecule has 0 aromatic heterocycles. The molecule has 9 nitrogen and oxygen atoms in total. The van der Waals surface area contributed by atoms with Crippen molar-refractivity contribution in [2.75, 3.05) is 53.1 Å². The molecule has 2 aliphatic rings. The van der Waals surface area contributed by atoms with E-state index in [2.05, 4.69) is 15.5 Å². The number of methoxy groups -OCH3 is 1. The highest BCUT2D eigenvalue weighted by atomic mass is 16.5. The zero-order valence-corrected chi connectivity index (χ0v) is 18.7. The molecule has 1 heterocycles. The standard InChI is InChI=1S/C23H33N3O6/c1-30-19-7-5-18(6-8-19)22(29)24-15-21(28)32-16-20(27)25-17-23(9-3-2-4-10-23)26-11-13-31-14-12-26/h5-8H,2-4,9-17H2,1H3,(H,24,29)(H,25,27). The number of morpholine rings is 1. The van der Waals surface area contributed by atoms with Gasteiger partial charge in [0, 0.05) is 30.7 Å². The van der Waals surface area contributed by atoms with Gasteiger partial charge in [-0.15, -0.1) is 0 Å². The summed E-state index contributed by atoms with van der Waals surface area (Å²) in [6, 6.07) is 6.52. The summed E-state index contributed by atoms with van der Waals surface area (Å²) in [6.45, 7) is 3.05. The van der Waals surface area contributed by atoms with Crippen LogP contribution in [-0.2, 0) is 19.1 Å². The number of ether oxygens (including phenoxy) is 3. The number of carbonyl (C=O) groups excluding carboxylic acids is 3. The van der Waals surface area contributed by atoms with Gasteiger partial charge in [0.1, 0.15) is 12.3 Å². The van der Waals surface area contributed by atoms with Crippen LogP contribution in [0.5, 0.6) is 5.75 Å². The molecule has 0 atom stereocenters. The third-order valence-electron chi connectivity index (χ3n) is 6.19. The van der Waals surface area contributed by atoms with E-state index in [9.17, 15) is 14.4 Å². The molecule has 1 aliphatic heterocycles. The fourth-order valence-electron chi connectivity index (χ4n) is 4.36. The van der Waals surface area contributed by atoms with Crippen molar-refractivity contribution in [3.8, 4) is 5.75 Å². The van der Waals surface area contributed by atoms with Crippen molar-refractivity contribution in [2.24, 2.45) is 0 Å². The number of rotatable bonds is 9. The molecule has 1 saturated carbocycles. The Balaban J connectivity index is 1.39. The van der Waals surface area contributed by atoms with Gasteiger partial charge in [-0.05, 0) is 37.1 Å². The summed E-state index contributed by atoms with van der Waals surface area (Å²) >= 11 is 0. The van der Waals surface area contributed by atoms with E-state index in [1.54, 1.807) is 31.4 Å². The molecular formula is C23H33N3O6. The zero-order chi connectivity index (χ0) is 22.8. The summed E-state index contributed by atoms with van der Waals surface area (Å²) in [4.78, 5) is 38.8. The molecule has 1 aromatic rings. The molecule has 176 valence electrons. The van der Waals surface area contributed by atoms with Crippen molar-refractivity contribution in [3.63, 3.8) is 0 Å². The van der Waals surface area contributed by atoms with E-state index in [1.165, 1.54) is 6.42 Å². The number of hydrogen-bond donors (Lipinski definition) is 2. The Morgan fingerprint density at radius 1 is 1.03 bits per heavy atom. The van der Waals surface area contributed by atoms with Gasteiger partial charge in [-0.2, -0.15) is 0 Å². The molecule has 0 bridgehead atoms. The summed E-state index contributed by atoms with van der Waals surface area (Å²) in [5, 5.41) is 5.44. The molecule has 1 saturated heterocycles. The van der Waals surface area contributed by atoms with Crippen LogP contribution in [0, 0.1) is 0 Å². The van der Waals surface area contributed by atoms with Gasteiger partial charge in [0.05, 0.1) is 20.3 Å². The molecule has 3 rings (SSSR count). The van der Waals surface area contributed by atoms with Gasteiger partial charge in [0.15, 0.2) is 6.61 Å². The van der Waals surface area contributed by atoms with Crippen LogP contribution in [-0.4, -0.2) is 81.3 Å². The minimum Gasteiger partial charge on any atom is -0.497 e. The summed E-state index contributed by atoms with van der Waals surface area (Å²) in [5.41, 5.74) is 0.353. The van der Waals surface area contributed by atoms with Crippen molar-refractivity contribution in [2.45, 2.75) is 37.6 Å². The van der Waals surface area contributed by atoms with Crippen LogP contribution in [0.1, 0.15) is 42.5 Å². The summed E-state index contributed by atoms with van der Waals surface area (Å²) in [6.07, 6.45) is 5.61. The first-order valence-corrected chi connectivity index (χ1v) is 11.2. The fraction of sp³-hybridized carbons (Fsp3) is 0.609. The van der Waals surface area contributed by atoms with E-state index in [4.69, 9.17) is 14.2 Å². The van der Waals surface area contributed by atoms with Gasteiger partial charge < -0.3 is 24.8 Å². The monoisotopic (exact) mass is 447 g/mol. The predicted molar refractivity (Wildman–Crippen MR) is 118 cm³/mol. The number of nitrogens with one attached hydrogen (secondary N) is 2. The highest BCUT2D eigenvalue weighted by Crippen LogP contribution is 2.33. The van der Waals surface area contributed by atoms with Gasteiger partial charge >= 0.3 is 5.97 Å². The van der Waals surface area contributed by atoms with Gasteiger partial charge in [-0.1, -0.05) is 19.3 Å². The van der Waals surface area contributed by atoms with Crippen molar-refractivity contribution >= 4 is 17.8 Å². The molecule has 0 radical (unpaired) electrons. The van der Waals surface area contributed by atoms with Crippen LogP contribution < -0.4 is 15.4 Å². The lowest BCUT2D eigenvalue weighted by Crippen LogP contribution is -2.59. The maximum atomic E-state index is 12.3. The Morgan fingerprint density at radius 3 is 2.38 bits per heavy atom. The maximum absolute atomic E-state index is 12.3. The first kappa shape index (κ1) is 24.0. The van der Waals surface area contributed by atoms with Crippen LogP contribution in [0.4, 0.5) is 0 Å². The quantitative estimate of drug-likeness (QED) is 0.547. The number of amides is 2. The number of esters is 1. The first-order chi connectivity index (χ1) is 15.5. The number of carbonyl (C=O) groups is 3. The largest absolute Gasteiger partial charge is 0.497 e. The molecule has 1 aromatic carbocycles. The zero-order valence-electron chi connectivity index (χ0n) is 18.7. The number of nitrogens with zero attached hydrogens (tertiary/aromatic N) is 1. The van der Waals surface area contributed by atoms with Gasteiger partial charge in [-0.25, -0.2) is 0 Å². The predicted octanol–water partition coefficient (Wildman–Crippen LogP) is 1.12. The Labute approximate surface area is 188 Å². The second-order valence-corrected chi connectivity index (χ2v) is 8.23. The Kier molecular flexibility index (Phi) is 8.87. The minimum absolute atomic E-state index is 0.0476. The van der Waals surface area contributed by atoms with E-state index in [0.717, 1.165) is 52.0 Å². The van der Waals surface area contributed by atoms with Crippen molar-refractivity contribution in [1.82, 2.24) is 15.5 Å². The van der Waals surface area contributed by atoms with E-state index in [-0.39, 0.29) is 24.6 Å². The molecule has 1 aliphatic carbocycles. The third kappa shape index (κ3) is 6.67. The van der Waals surface area contributed by atoms with E-state index in [1.807, 2.05) is 0 Å². The summed E-state index contributed by atoms with van der Waals surface area (Å²) in [7, 11) is 1.54. The van der Waals surface area contributed by atoms with Gasteiger partial charge in [0.2, 0.25) is 0 Å². The van der Waals surface area contributed by atoms with Crippen molar-refractivity contribution in [1.29, 1.82) is 0 Å². The molecule has 2 N–H and O–H groups in total. The van der Waals surface area contributed by atoms with E-state index >= 15 is 0 Å². The first-order valence-electron chi connectivity index (χ1n) is 11.2. The van der Waals surface area contributed by atoms with Gasteiger partial charge in [0.25, 0.3) is 11.8 Å². The highest BCUT2D eigenvalue weighted by molar-refractivity contribution is 5.96. The number of benzene rings is 1. The second kappa shape index (κ2) is 11.8. The maximum Gasteiger partial charge on any atom is 0.325 e. The lowest BCUT2D eigenvalue weighted by atomic mass is 9.79. The molecule has 2 amide bonds. The second-order valence-electron chi connectivity index (χ2n) is 8.23. The molecule has 9 heteroatoms. The summed E-state index contributed by atoms with van der Waals surface area (Å²) in [5.74, 6) is -0.769. The van der Waals surface area contributed by atoms with E-state index < -0.39 is 11.9 Å². The average molecular weight is 448 g/mol. The lowest BCUT2D eigenvalue weighted by molar-refractivity contribution is -0.147. The molecular weight excluding hydrogens is 414 g/mol. The molecule has 32 heavy (non-hydrogen) atoms. The Bertz CT molecular complexity index is 770. The fourth-order valence-corrected chi connectivity index (χ4v) is 4.36. The smallest absolute Gasteiger partial charge is 0.325 e.